The highest BCUT2D eigenvalue weighted by Crippen LogP contribution is 2.26. The second-order valence-corrected chi connectivity index (χ2v) is 5.32. The molecule has 0 atom stereocenters. The molecule has 3 rings (SSSR count). The molecular weight excluding hydrogens is 246 g/mol. The molecule has 0 saturated carbocycles. The molecule has 1 N–H and O–H groups in total. The molecule has 0 spiro atoms. The second kappa shape index (κ2) is 4.64. The largest absolute Gasteiger partial charge is 0.358 e. The maximum absolute atomic E-state index is 12.9. The van der Waals surface area contributed by atoms with E-state index in [1.165, 1.54) is 0 Å². The molecule has 0 unspecified atom stereocenters. The third-order valence-corrected chi connectivity index (χ3v) is 3.76. The predicted molar refractivity (Wildman–Crippen MR) is 82.4 cm³/mol. The lowest BCUT2D eigenvalue weighted by Gasteiger charge is -2.05. The summed E-state index contributed by atoms with van der Waals surface area (Å²) in [6.45, 7) is 5.98. The minimum atomic E-state index is 0.0949. The third-order valence-electron chi connectivity index (χ3n) is 3.76. The minimum Gasteiger partial charge on any atom is -0.358 e. The number of ketones is 1. The van der Waals surface area contributed by atoms with Crippen molar-refractivity contribution in [3.05, 3.63) is 70.4 Å². The SMILES string of the molecule is Cc1ccc2[nH]c(C)c(C(=O)c3ccccc3C)c2c1. The van der Waals surface area contributed by atoms with E-state index >= 15 is 0 Å². The highest BCUT2D eigenvalue weighted by Gasteiger charge is 2.18. The molecule has 0 aliphatic heterocycles. The summed E-state index contributed by atoms with van der Waals surface area (Å²) in [5.74, 6) is 0.0949. The van der Waals surface area contributed by atoms with E-state index in [-0.39, 0.29) is 5.78 Å². The molecule has 2 heteroatoms. The van der Waals surface area contributed by atoms with Gasteiger partial charge in [0.15, 0.2) is 5.78 Å². The molecule has 0 radical (unpaired) electrons. The highest BCUT2D eigenvalue weighted by molar-refractivity contribution is 6.18. The number of hydrogen-bond donors (Lipinski definition) is 1. The van der Waals surface area contributed by atoms with Crippen molar-refractivity contribution in [2.45, 2.75) is 20.8 Å². The lowest BCUT2D eigenvalue weighted by atomic mass is 9.96. The van der Waals surface area contributed by atoms with Crippen LogP contribution in [0.4, 0.5) is 0 Å². The molecule has 2 aromatic carbocycles. The molecule has 0 saturated heterocycles. The Bertz CT molecular complexity index is 811. The van der Waals surface area contributed by atoms with Gasteiger partial charge in [-0.2, -0.15) is 0 Å². The zero-order valence-electron chi connectivity index (χ0n) is 11.9. The number of rotatable bonds is 2. The van der Waals surface area contributed by atoms with Gasteiger partial charge in [0.05, 0.1) is 5.56 Å². The van der Waals surface area contributed by atoms with Gasteiger partial charge in [-0.05, 0) is 38.5 Å². The summed E-state index contributed by atoms with van der Waals surface area (Å²) in [6.07, 6.45) is 0. The highest BCUT2D eigenvalue weighted by atomic mass is 16.1. The number of aromatic nitrogens is 1. The Balaban J connectivity index is 2.24. The van der Waals surface area contributed by atoms with Crippen LogP contribution in [0.15, 0.2) is 42.5 Å². The second-order valence-electron chi connectivity index (χ2n) is 5.32. The Morgan fingerprint density at radius 3 is 2.50 bits per heavy atom. The number of carbonyl (C=O) groups is 1. The predicted octanol–water partition coefficient (Wildman–Crippen LogP) is 4.32. The molecule has 100 valence electrons. The van der Waals surface area contributed by atoms with Crippen LogP contribution in [0.25, 0.3) is 10.9 Å². The molecule has 3 aromatic rings. The normalized spacial score (nSPS) is 10.9. The standard InChI is InChI=1S/C18H17NO/c1-11-8-9-16-15(10-11)17(13(3)19-16)18(20)14-7-5-4-6-12(14)2/h4-10,19H,1-3H3. The van der Waals surface area contributed by atoms with Crippen molar-refractivity contribution < 1.29 is 4.79 Å². The van der Waals surface area contributed by atoms with E-state index in [1.54, 1.807) is 0 Å². The van der Waals surface area contributed by atoms with Crippen LogP contribution in [-0.2, 0) is 0 Å². The lowest BCUT2D eigenvalue weighted by Crippen LogP contribution is -2.04. The zero-order chi connectivity index (χ0) is 14.3. The first kappa shape index (κ1) is 12.7. The fourth-order valence-corrected chi connectivity index (χ4v) is 2.70. The van der Waals surface area contributed by atoms with Crippen molar-refractivity contribution in [3.8, 4) is 0 Å². The van der Waals surface area contributed by atoms with Crippen LogP contribution in [-0.4, -0.2) is 10.8 Å². The molecule has 1 heterocycles. The molecule has 20 heavy (non-hydrogen) atoms. The van der Waals surface area contributed by atoms with E-state index in [2.05, 4.69) is 17.1 Å². The third kappa shape index (κ3) is 1.94. The van der Waals surface area contributed by atoms with Crippen LogP contribution >= 0.6 is 0 Å². The van der Waals surface area contributed by atoms with Gasteiger partial charge in [0.2, 0.25) is 0 Å². The van der Waals surface area contributed by atoms with E-state index < -0.39 is 0 Å². The number of hydrogen-bond acceptors (Lipinski definition) is 1. The first-order valence-electron chi connectivity index (χ1n) is 6.77. The van der Waals surface area contributed by atoms with Gasteiger partial charge in [0.1, 0.15) is 0 Å². The van der Waals surface area contributed by atoms with E-state index in [0.29, 0.717) is 0 Å². The number of carbonyl (C=O) groups excluding carboxylic acids is 1. The maximum atomic E-state index is 12.9. The van der Waals surface area contributed by atoms with Gasteiger partial charge in [-0.15, -0.1) is 0 Å². The maximum Gasteiger partial charge on any atom is 0.195 e. The average molecular weight is 263 g/mol. The van der Waals surface area contributed by atoms with Gasteiger partial charge in [-0.25, -0.2) is 0 Å². The molecular formula is C18H17NO. The Labute approximate surface area is 118 Å². The van der Waals surface area contributed by atoms with Crippen LogP contribution < -0.4 is 0 Å². The summed E-state index contributed by atoms with van der Waals surface area (Å²) < 4.78 is 0. The fraction of sp³-hybridized carbons (Fsp3) is 0.167. The van der Waals surface area contributed by atoms with Gasteiger partial charge in [-0.1, -0.05) is 35.9 Å². The van der Waals surface area contributed by atoms with Crippen molar-refractivity contribution in [1.82, 2.24) is 4.98 Å². The van der Waals surface area contributed by atoms with Gasteiger partial charge in [-0.3, -0.25) is 4.79 Å². The number of benzene rings is 2. The fourth-order valence-electron chi connectivity index (χ4n) is 2.70. The monoisotopic (exact) mass is 263 g/mol. The summed E-state index contributed by atoms with van der Waals surface area (Å²) in [4.78, 5) is 16.2. The van der Waals surface area contributed by atoms with E-state index in [1.807, 2.05) is 51.1 Å². The lowest BCUT2D eigenvalue weighted by molar-refractivity contribution is 0.103. The minimum absolute atomic E-state index is 0.0949. The van der Waals surface area contributed by atoms with Crippen molar-refractivity contribution in [1.29, 1.82) is 0 Å². The Hall–Kier alpha value is -2.35. The van der Waals surface area contributed by atoms with Crippen molar-refractivity contribution in [2.75, 3.05) is 0 Å². The Morgan fingerprint density at radius 1 is 1.00 bits per heavy atom. The van der Waals surface area contributed by atoms with Crippen molar-refractivity contribution in [2.24, 2.45) is 0 Å². The molecule has 2 nitrogen and oxygen atoms in total. The number of fused-ring (bicyclic) bond motifs is 1. The van der Waals surface area contributed by atoms with Crippen molar-refractivity contribution in [3.63, 3.8) is 0 Å². The van der Waals surface area contributed by atoms with Crippen LogP contribution in [0.1, 0.15) is 32.7 Å². The zero-order valence-corrected chi connectivity index (χ0v) is 11.9. The number of aromatic amines is 1. The van der Waals surface area contributed by atoms with E-state index in [0.717, 1.165) is 38.9 Å². The first-order chi connectivity index (χ1) is 9.58. The molecule has 0 aliphatic carbocycles. The summed E-state index contributed by atoms with van der Waals surface area (Å²) in [5.41, 5.74) is 5.69. The van der Waals surface area contributed by atoms with Gasteiger partial charge in [0, 0.05) is 22.2 Å². The summed E-state index contributed by atoms with van der Waals surface area (Å²) in [6, 6.07) is 13.9. The number of H-pyrrole nitrogens is 1. The Kier molecular flexibility index (Phi) is 2.94. The van der Waals surface area contributed by atoms with E-state index in [4.69, 9.17) is 0 Å². The molecule has 0 fully saturated rings. The van der Waals surface area contributed by atoms with Crippen LogP contribution in [0.2, 0.25) is 0 Å². The summed E-state index contributed by atoms with van der Waals surface area (Å²) >= 11 is 0. The quantitative estimate of drug-likeness (QED) is 0.686. The topological polar surface area (TPSA) is 32.9 Å². The number of aryl methyl sites for hydroxylation is 3. The number of nitrogens with one attached hydrogen (secondary N) is 1. The molecule has 0 amide bonds. The van der Waals surface area contributed by atoms with Gasteiger partial charge < -0.3 is 4.98 Å². The average Bonchev–Trinajstić information content (AvgIpc) is 2.74. The Morgan fingerprint density at radius 2 is 1.75 bits per heavy atom. The van der Waals surface area contributed by atoms with Crippen molar-refractivity contribution >= 4 is 16.7 Å². The van der Waals surface area contributed by atoms with Gasteiger partial charge in [0.25, 0.3) is 0 Å². The molecule has 0 aliphatic rings. The van der Waals surface area contributed by atoms with E-state index in [9.17, 15) is 4.79 Å². The van der Waals surface area contributed by atoms with Gasteiger partial charge >= 0.3 is 0 Å². The summed E-state index contributed by atoms with van der Waals surface area (Å²) in [7, 11) is 0. The van der Waals surface area contributed by atoms with Crippen LogP contribution in [0.5, 0.6) is 0 Å². The van der Waals surface area contributed by atoms with Crippen LogP contribution in [0.3, 0.4) is 0 Å². The first-order valence-corrected chi connectivity index (χ1v) is 6.77. The summed E-state index contributed by atoms with van der Waals surface area (Å²) in [5, 5.41) is 1.01. The van der Waals surface area contributed by atoms with Crippen LogP contribution in [0, 0.1) is 20.8 Å². The molecule has 1 aromatic heterocycles. The molecule has 0 bridgehead atoms. The smallest absolute Gasteiger partial charge is 0.195 e.